The van der Waals surface area contributed by atoms with Gasteiger partial charge in [0.05, 0.1) is 17.3 Å². The monoisotopic (exact) mass is 418 g/mol. The molecule has 1 aliphatic heterocycles. The highest BCUT2D eigenvalue weighted by Gasteiger charge is 2.34. The SMILES string of the molecule is Cc1cc(-c2cnn3c2C(=O)N(c2ccc(OC(F)F)c(Cl)c2)C[C@@H]3C)ccn1. The van der Waals surface area contributed by atoms with Gasteiger partial charge in [-0.15, -0.1) is 0 Å². The summed E-state index contributed by atoms with van der Waals surface area (Å²) in [5.41, 5.74) is 3.34. The van der Waals surface area contributed by atoms with E-state index in [1.165, 1.54) is 18.2 Å². The van der Waals surface area contributed by atoms with Crippen molar-refractivity contribution in [1.29, 1.82) is 0 Å². The molecule has 3 heterocycles. The van der Waals surface area contributed by atoms with E-state index in [0.29, 0.717) is 23.5 Å². The van der Waals surface area contributed by atoms with Crippen molar-refractivity contribution in [2.75, 3.05) is 11.4 Å². The Balaban J connectivity index is 1.73. The van der Waals surface area contributed by atoms with Crippen LogP contribution in [-0.4, -0.2) is 33.8 Å². The second kappa shape index (κ2) is 7.44. The lowest BCUT2D eigenvalue weighted by Gasteiger charge is -2.32. The van der Waals surface area contributed by atoms with Gasteiger partial charge in [0.1, 0.15) is 11.4 Å². The number of hydrogen-bond donors (Lipinski definition) is 0. The fourth-order valence-electron chi connectivity index (χ4n) is 3.46. The third-order valence-electron chi connectivity index (χ3n) is 4.76. The van der Waals surface area contributed by atoms with Crippen molar-refractivity contribution in [3.63, 3.8) is 0 Å². The zero-order valence-corrected chi connectivity index (χ0v) is 16.4. The van der Waals surface area contributed by atoms with Crippen molar-refractivity contribution in [2.45, 2.75) is 26.5 Å². The lowest BCUT2D eigenvalue weighted by molar-refractivity contribution is -0.0497. The molecule has 0 aliphatic carbocycles. The number of fused-ring (bicyclic) bond motifs is 1. The molecule has 0 radical (unpaired) electrons. The molecule has 0 unspecified atom stereocenters. The highest BCUT2D eigenvalue weighted by atomic mass is 35.5. The second-order valence-electron chi connectivity index (χ2n) is 6.80. The van der Waals surface area contributed by atoms with Gasteiger partial charge in [0.25, 0.3) is 5.91 Å². The normalized spacial score (nSPS) is 16.3. The molecule has 1 atom stereocenters. The van der Waals surface area contributed by atoms with E-state index in [1.54, 1.807) is 22.0 Å². The van der Waals surface area contributed by atoms with Crippen molar-refractivity contribution < 1.29 is 18.3 Å². The minimum absolute atomic E-state index is 0.00677. The van der Waals surface area contributed by atoms with E-state index in [0.717, 1.165) is 11.3 Å². The Bertz CT molecular complexity index is 1090. The van der Waals surface area contributed by atoms with Crippen LogP contribution in [-0.2, 0) is 0 Å². The smallest absolute Gasteiger partial charge is 0.387 e. The van der Waals surface area contributed by atoms with E-state index in [-0.39, 0.29) is 22.7 Å². The number of pyridine rings is 1. The van der Waals surface area contributed by atoms with Gasteiger partial charge < -0.3 is 9.64 Å². The number of ether oxygens (including phenoxy) is 1. The van der Waals surface area contributed by atoms with E-state index in [4.69, 9.17) is 11.6 Å². The molecule has 6 nitrogen and oxygen atoms in total. The summed E-state index contributed by atoms with van der Waals surface area (Å²) in [7, 11) is 0. The van der Waals surface area contributed by atoms with Gasteiger partial charge in [-0.3, -0.25) is 14.5 Å². The van der Waals surface area contributed by atoms with Crippen LogP contribution in [0, 0.1) is 6.92 Å². The topological polar surface area (TPSA) is 60.2 Å². The van der Waals surface area contributed by atoms with Crippen molar-refractivity contribution in [1.82, 2.24) is 14.8 Å². The molecular formula is C20H17ClF2N4O2. The van der Waals surface area contributed by atoms with Crippen LogP contribution in [0.5, 0.6) is 5.75 Å². The lowest BCUT2D eigenvalue weighted by Crippen LogP contribution is -2.42. The molecule has 0 fully saturated rings. The van der Waals surface area contributed by atoms with Gasteiger partial charge in [0, 0.05) is 29.7 Å². The van der Waals surface area contributed by atoms with Crippen LogP contribution in [0.2, 0.25) is 5.02 Å². The third kappa shape index (κ3) is 3.55. The number of nitrogens with zero attached hydrogens (tertiary/aromatic N) is 4. The van der Waals surface area contributed by atoms with Gasteiger partial charge in [0.2, 0.25) is 0 Å². The van der Waals surface area contributed by atoms with E-state index in [2.05, 4.69) is 14.8 Å². The van der Waals surface area contributed by atoms with Crippen LogP contribution in [0.3, 0.4) is 0 Å². The van der Waals surface area contributed by atoms with Crippen molar-refractivity contribution in [2.24, 2.45) is 0 Å². The Hall–Kier alpha value is -3.00. The second-order valence-corrected chi connectivity index (χ2v) is 7.20. The van der Waals surface area contributed by atoms with Gasteiger partial charge >= 0.3 is 6.61 Å². The molecule has 0 saturated carbocycles. The molecule has 150 valence electrons. The Morgan fingerprint density at radius 3 is 2.76 bits per heavy atom. The van der Waals surface area contributed by atoms with Crippen molar-refractivity contribution in [3.8, 4) is 16.9 Å². The Kier molecular flexibility index (Phi) is 4.96. The molecule has 4 rings (SSSR count). The predicted molar refractivity (Wildman–Crippen MR) is 105 cm³/mol. The molecule has 1 aliphatic rings. The van der Waals surface area contributed by atoms with Gasteiger partial charge in [-0.1, -0.05) is 11.6 Å². The number of aromatic nitrogens is 3. The molecule has 0 spiro atoms. The summed E-state index contributed by atoms with van der Waals surface area (Å²) >= 11 is 6.08. The maximum Gasteiger partial charge on any atom is 0.387 e. The van der Waals surface area contributed by atoms with Gasteiger partial charge in [-0.2, -0.15) is 13.9 Å². The van der Waals surface area contributed by atoms with E-state index in [9.17, 15) is 13.6 Å². The molecule has 1 amide bonds. The number of carbonyl (C=O) groups excluding carboxylic acids is 1. The summed E-state index contributed by atoms with van der Waals surface area (Å²) in [4.78, 5) is 19.1. The molecule has 1 aromatic carbocycles. The summed E-state index contributed by atoms with van der Waals surface area (Å²) in [5, 5.41) is 4.41. The number of rotatable bonds is 4. The van der Waals surface area contributed by atoms with Crippen molar-refractivity contribution in [3.05, 3.63) is 59.1 Å². The van der Waals surface area contributed by atoms with Crippen LogP contribution in [0.25, 0.3) is 11.1 Å². The molecule has 9 heteroatoms. The van der Waals surface area contributed by atoms with Gasteiger partial charge in [0.15, 0.2) is 0 Å². The van der Waals surface area contributed by atoms with Crippen LogP contribution < -0.4 is 9.64 Å². The largest absolute Gasteiger partial charge is 0.433 e. The molecule has 0 bridgehead atoms. The van der Waals surface area contributed by atoms with E-state index in [1.807, 2.05) is 26.0 Å². The van der Waals surface area contributed by atoms with E-state index < -0.39 is 6.61 Å². The van der Waals surface area contributed by atoms with Crippen LogP contribution >= 0.6 is 11.6 Å². The first-order chi connectivity index (χ1) is 13.8. The fraction of sp³-hybridized carbons (Fsp3) is 0.250. The summed E-state index contributed by atoms with van der Waals surface area (Å²) in [6, 6.07) is 7.95. The maximum absolute atomic E-state index is 13.3. The highest BCUT2D eigenvalue weighted by Crippen LogP contribution is 2.35. The van der Waals surface area contributed by atoms with Gasteiger partial charge in [-0.05, 0) is 49.7 Å². The minimum atomic E-state index is -2.98. The standard InChI is InChI=1S/C20H17ClF2N4O2/c1-11-7-13(5-6-24-11)15-9-25-27-12(2)10-26(19(28)18(15)27)14-3-4-17(16(21)8-14)29-20(22)23/h3-9,12,20H,10H2,1-2H3/t12-/m0/s1. The van der Waals surface area contributed by atoms with Crippen molar-refractivity contribution >= 4 is 23.2 Å². The number of benzene rings is 1. The zero-order chi connectivity index (χ0) is 20.7. The first kappa shape index (κ1) is 19.3. The Labute approximate surface area is 170 Å². The third-order valence-corrected chi connectivity index (χ3v) is 5.05. The van der Waals surface area contributed by atoms with Crippen LogP contribution in [0.4, 0.5) is 14.5 Å². The highest BCUT2D eigenvalue weighted by molar-refractivity contribution is 6.32. The average Bonchev–Trinajstić information content (AvgIpc) is 3.12. The zero-order valence-electron chi connectivity index (χ0n) is 15.6. The summed E-state index contributed by atoms with van der Waals surface area (Å²) in [5.74, 6) is -0.385. The number of halogens is 3. The predicted octanol–water partition coefficient (Wildman–Crippen LogP) is 4.73. The number of carbonyl (C=O) groups is 1. The van der Waals surface area contributed by atoms with Crippen LogP contribution in [0.15, 0.2) is 42.7 Å². The molecule has 3 aromatic rings. The average molecular weight is 419 g/mol. The summed E-state index contributed by atoms with van der Waals surface area (Å²) in [6.07, 6.45) is 3.36. The number of alkyl halides is 2. The maximum atomic E-state index is 13.3. The molecule has 2 aromatic heterocycles. The Morgan fingerprint density at radius 2 is 2.07 bits per heavy atom. The summed E-state index contributed by atoms with van der Waals surface area (Å²) < 4.78 is 31.0. The minimum Gasteiger partial charge on any atom is -0.433 e. The first-order valence-corrected chi connectivity index (χ1v) is 9.29. The number of aryl methyl sites for hydroxylation is 1. The number of anilines is 1. The van der Waals surface area contributed by atoms with E-state index >= 15 is 0 Å². The lowest BCUT2D eigenvalue weighted by atomic mass is 10.0. The fourth-order valence-corrected chi connectivity index (χ4v) is 3.68. The Morgan fingerprint density at radius 1 is 1.28 bits per heavy atom. The van der Waals surface area contributed by atoms with Crippen LogP contribution in [0.1, 0.15) is 29.1 Å². The number of amides is 1. The van der Waals surface area contributed by atoms with Gasteiger partial charge in [-0.25, -0.2) is 0 Å². The molecule has 29 heavy (non-hydrogen) atoms. The molecule has 0 N–H and O–H groups in total. The number of hydrogen-bond acceptors (Lipinski definition) is 4. The molecular weight excluding hydrogens is 402 g/mol. The molecule has 0 saturated heterocycles. The quantitative estimate of drug-likeness (QED) is 0.614. The summed E-state index contributed by atoms with van der Waals surface area (Å²) in [6.45, 7) is 1.22. The first-order valence-electron chi connectivity index (χ1n) is 8.92.